The van der Waals surface area contributed by atoms with Gasteiger partial charge < -0.3 is 15.2 Å². The molecular formula is C7H9NO4. The highest BCUT2D eigenvalue weighted by atomic mass is 16.6. The standard InChI is InChI=1S/C7H9NO4/c1-3-4-7(2-9,6(11)12-4)8-5(3)10/h3-4,9H,2H2,1H3,(H,8,10). The number of carbonyl (C=O) groups excluding carboxylic acids is 2. The van der Waals surface area contributed by atoms with E-state index < -0.39 is 17.6 Å². The summed E-state index contributed by atoms with van der Waals surface area (Å²) in [7, 11) is 0. The van der Waals surface area contributed by atoms with Crippen LogP contribution in [0.15, 0.2) is 0 Å². The maximum absolute atomic E-state index is 11.1. The number of aliphatic hydroxyl groups is 1. The molecule has 0 bridgehead atoms. The molecule has 0 saturated carbocycles. The zero-order valence-corrected chi connectivity index (χ0v) is 6.53. The minimum Gasteiger partial charge on any atom is -0.456 e. The van der Waals surface area contributed by atoms with E-state index in [1.54, 1.807) is 6.92 Å². The summed E-state index contributed by atoms with van der Waals surface area (Å²) in [5.74, 6) is -1.12. The van der Waals surface area contributed by atoms with E-state index >= 15 is 0 Å². The van der Waals surface area contributed by atoms with E-state index in [0.717, 1.165) is 0 Å². The van der Waals surface area contributed by atoms with Crippen molar-refractivity contribution in [1.29, 1.82) is 0 Å². The van der Waals surface area contributed by atoms with Crippen molar-refractivity contribution in [1.82, 2.24) is 5.32 Å². The maximum Gasteiger partial charge on any atom is 0.338 e. The number of carbonyl (C=O) groups is 2. The smallest absolute Gasteiger partial charge is 0.338 e. The molecule has 0 aromatic rings. The molecule has 0 radical (unpaired) electrons. The van der Waals surface area contributed by atoms with Crippen molar-refractivity contribution in [2.24, 2.45) is 5.92 Å². The Kier molecular flexibility index (Phi) is 1.24. The summed E-state index contributed by atoms with van der Waals surface area (Å²) < 4.78 is 4.76. The van der Waals surface area contributed by atoms with Gasteiger partial charge in [0.25, 0.3) is 0 Å². The number of fused-ring (bicyclic) bond motifs is 1. The molecule has 0 aromatic heterocycles. The van der Waals surface area contributed by atoms with E-state index in [0.29, 0.717) is 0 Å². The lowest BCUT2D eigenvalue weighted by atomic mass is 9.85. The quantitative estimate of drug-likeness (QED) is 0.466. The summed E-state index contributed by atoms with van der Waals surface area (Å²) in [6.07, 6.45) is -0.484. The summed E-state index contributed by atoms with van der Waals surface area (Å²) in [6, 6.07) is 0. The van der Waals surface area contributed by atoms with E-state index in [9.17, 15) is 9.59 Å². The van der Waals surface area contributed by atoms with Gasteiger partial charge >= 0.3 is 5.97 Å². The zero-order valence-electron chi connectivity index (χ0n) is 6.53. The topological polar surface area (TPSA) is 75.6 Å². The molecule has 3 atom stereocenters. The number of hydrogen-bond acceptors (Lipinski definition) is 4. The van der Waals surface area contributed by atoms with Crippen molar-refractivity contribution < 1.29 is 19.4 Å². The molecule has 5 heteroatoms. The molecule has 66 valence electrons. The van der Waals surface area contributed by atoms with E-state index in [4.69, 9.17) is 9.84 Å². The summed E-state index contributed by atoms with van der Waals surface area (Å²) in [5.41, 5.74) is -1.13. The molecule has 0 spiro atoms. The summed E-state index contributed by atoms with van der Waals surface area (Å²) >= 11 is 0. The lowest BCUT2D eigenvalue weighted by Gasteiger charge is -2.40. The number of esters is 1. The van der Waals surface area contributed by atoms with Crippen LogP contribution in [0.3, 0.4) is 0 Å². The first-order valence-electron chi connectivity index (χ1n) is 3.76. The predicted molar refractivity (Wildman–Crippen MR) is 37.0 cm³/mol. The van der Waals surface area contributed by atoms with Gasteiger partial charge in [0.2, 0.25) is 5.91 Å². The van der Waals surface area contributed by atoms with Gasteiger partial charge in [-0.25, -0.2) is 4.79 Å². The van der Waals surface area contributed by atoms with Crippen LogP contribution in [-0.2, 0) is 14.3 Å². The number of amides is 1. The number of aliphatic hydroxyl groups excluding tert-OH is 1. The molecule has 2 N–H and O–H groups in total. The van der Waals surface area contributed by atoms with Gasteiger partial charge in [0.15, 0.2) is 5.54 Å². The SMILES string of the molecule is CC1C(=O)NC2(CO)C(=O)OC12. The molecule has 2 heterocycles. The van der Waals surface area contributed by atoms with E-state index in [1.807, 2.05) is 0 Å². The number of nitrogens with one attached hydrogen (secondary N) is 1. The summed E-state index contributed by atoms with van der Waals surface area (Å²) in [6.45, 7) is 1.29. The van der Waals surface area contributed by atoms with Crippen molar-refractivity contribution in [2.75, 3.05) is 6.61 Å². The molecule has 3 unspecified atom stereocenters. The largest absolute Gasteiger partial charge is 0.456 e. The summed E-state index contributed by atoms with van der Waals surface area (Å²) in [4.78, 5) is 22.0. The molecule has 2 fully saturated rings. The predicted octanol–water partition coefficient (Wildman–Crippen LogP) is -1.59. The van der Waals surface area contributed by atoms with E-state index in [-0.39, 0.29) is 18.4 Å². The lowest BCUT2D eigenvalue weighted by molar-refractivity contribution is -0.195. The fourth-order valence-electron chi connectivity index (χ4n) is 1.70. The third-order valence-corrected chi connectivity index (χ3v) is 2.55. The molecule has 5 nitrogen and oxygen atoms in total. The third-order valence-electron chi connectivity index (χ3n) is 2.55. The Balaban J connectivity index is 2.32. The van der Waals surface area contributed by atoms with Crippen LogP contribution in [0.5, 0.6) is 0 Å². The molecule has 0 aromatic carbocycles. The van der Waals surface area contributed by atoms with Crippen LogP contribution in [0.2, 0.25) is 0 Å². The Morgan fingerprint density at radius 1 is 1.67 bits per heavy atom. The molecule has 2 saturated heterocycles. The van der Waals surface area contributed by atoms with Crippen molar-refractivity contribution in [3.63, 3.8) is 0 Å². The first-order chi connectivity index (χ1) is 5.62. The number of rotatable bonds is 1. The second-order valence-electron chi connectivity index (χ2n) is 3.23. The molecule has 2 rings (SSSR count). The molecular weight excluding hydrogens is 162 g/mol. The van der Waals surface area contributed by atoms with Crippen LogP contribution in [0.1, 0.15) is 6.92 Å². The first-order valence-corrected chi connectivity index (χ1v) is 3.76. The molecule has 2 aliphatic rings. The zero-order chi connectivity index (χ0) is 8.93. The Morgan fingerprint density at radius 2 is 2.33 bits per heavy atom. The van der Waals surface area contributed by atoms with Crippen LogP contribution >= 0.6 is 0 Å². The van der Waals surface area contributed by atoms with E-state index in [1.165, 1.54) is 0 Å². The van der Waals surface area contributed by atoms with Crippen molar-refractivity contribution >= 4 is 11.9 Å². The van der Waals surface area contributed by atoms with Crippen LogP contribution in [0.25, 0.3) is 0 Å². The van der Waals surface area contributed by atoms with Gasteiger partial charge in [-0.2, -0.15) is 0 Å². The highest BCUT2D eigenvalue weighted by molar-refractivity contribution is 5.99. The second-order valence-corrected chi connectivity index (χ2v) is 3.23. The van der Waals surface area contributed by atoms with Gasteiger partial charge in [-0.1, -0.05) is 0 Å². The monoisotopic (exact) mass is 171 g/mol. The molecule has 1 amide bonds. The summed E-state index contributed by atoms with van der Waals surface area (Å²) in [5, 5.41) is 11.4. The minimum absolute atomic E-state index is 0.236. The second kappa shape index (κ2) is 1.98. The average molecular weight is 171 g/mol. The first kappa shape index (κ1) is 7.54. The third kappa shape index (κ3) is 0.582. The van der Waals surface area contributed by atoms with Crippen molar-refractivity contribution in [2.45, 2.75) is 18.6 Å². The highest BCUT2D eigenvalue weighted by Crippen LogP contribution is 2.37. The lowest BCUT2D eigenvalue weighted by Crippen LogP contribution is -2.69. The van der Waals surface area contributed by atoms with Crippen LogP contribution in [0, 0.1) is 5.92 Å². The molecule has 0 aliphatic carbocycles. The fraction of sp³-hybridized carbons (Fsp3) is 0.714. The Labute approximate surface area is 68.7 Å². The van der Waals surface area contributed by atoms with Crippen LogP contribution in [0.4, 0.5) is 0 Å². The Hall–Kier alpha value is -1.10. The van der Waals surface area contributed by atoms with Gasteiger partial charge in [0, 0.05) is 0 Å². The highest BCUT2D eigenvalue weighted by Gasteiger charge is 2.66. The van der Waals surface area contributed by atoms with Crippen molar-refractivity contribution in [3.8, 4) is 0 Å². The number of hydrogen-bond donors (Lipinski definition) is 2. The van der Waals surface area contributed by atoms with Gasteiger partial charge in [0.1, 0.15) is 6.10 Å². The van der Waals surface area contributed by atoms with Gasteiger partial charge in [-0.05, 0) is 6.92 Å². The maximum atomic E-state index is 11.1. The fourth-order valence-corrected chi connectivity index (χ4v) is 1.70. The van der Waals surface area contributed by atoms with Gasteiger partial charge in [0.05, 0.1) is 12.5 Å². The normalized spacial score (nSPS) is 44.5. The van der Waals surface area contributed by atoms with Gasteiger partial charge in [-0.15, -0.1) is 0 Å². The molecule has 2 aliphatic heterocycles. The Bertz CT molecular complexity index is 262. The van der Waals surface area contributed by atoms with Gasteiger partial charge in [-0.3, -0.25) is 4.79 Å². The van der Waals surface area contributed by atoms with Crippen molar-refractivity contribution in [3.05, 3.63) is 0 Å². The minimum atomic E-state index is -1.13. The molecule has 12 heavy (non-hydrogen) atoms. The van der Waals surface area contributed by atoms with E-state index in [2.05, 4.69) is 5.32 Å². The number of ether oxygens (including phenoxy) is 1. The van der Waals surface area contributed by atoms with Crippen LogP contribution in [-0.4, -0.2) is 35.2 Å². The van der Waals surface area contributed by atoms with Crippen LogP contribution < -0.4 is 5.32 Å². The Morgan fingerprint density at radius 3 is 2.67 bits per heavy atom. The average Bonchev–Trinajstić information content (AvgIpc) is 2.25.